The van der Waals surface area contributed by atoms with Gasteiger partial charge >= 0.3 is 0 Å². The van der Waals surface area contributed by atoms with Crippen molar-refractivity contribution in [2.75, 3.05) is 43.6 Å². The van der Waals surface area contributed by atoms with Gasteiger partial charge in [0, 0.05) is 30.0 Å². The van der Waals surface area contributed by atoms with Gasteiger partial charge in [-0.15, -0.1) is 0 Å². The van der Waals surface area contributed by atoms with Gasteiger partial charge in [-0.2, -0.15) is 0 Å². The molecule has 0 unspecified atom stereocenters. The number of H-pyrrole nitrogens is 1. The Balaban J connectivity index is 1.44. The molecule has 2 N–H and O–H groups in total. The smallest absolute Gasteiger partial charge is 0.183 e. The second-order valence-electron chi connectivity index (χ2n) is 7.00. The van der Waals surface area contributed by atoms with E-state index >= 15 is 0 Å². The summed E-state index contributed by atoms with van der Waals surface area (Å²) in [5, 5.41) is 3.41. The van der Waals surface area contributed by atoms with E-state index in [2.05, 4.69) is 49.4 Å². The minimum absolute atomic E-state index is 0.602. The molecule has 0 spiro atoms. The first-order chi connectivity index (χ1) is 14.8. The van der Waals surface area contributed by atoms with Crippen LogP contribution in [0.15, 0.2) is 54.9 Å². The van der Waals surface area contributed by atoms with Crippen LogP contribution in [0.25, 0.3) is 22.6 Å². The number of methoxy groups -OCH3 is 1. The fraction of sp³-hybridized carbons (Fsp3) is 0.227. The number of anilines is 3. The summed E-state index contributed by atoms with van der Waals surface area (Å²) in [6, 6.07) is 16.0. The Kier molecular flexibility index (Phi) is 4.90. The molecule has 1 aliphatic heterocycles. The van der Waals surface area contributed by atoms with E-state index < -0.39 is 0 Å². The number of morpholine rings is 1. The predicted octanol–water partition coefficient (Wildman–Crippen LogP) is 3.61. The molecule has 8 heteroatoms. The normalized spacial score (nSPS) is 14.1. The molecule has 30 heavy (non-hydrogen) atoms. The Hall–Kier alpha value is -3.65. The molecular weight excluding hydrogens is 380 g/mol. The second kappa shape index (κ2) is 8.00. The average Bonchev–Trinajstić information content (AvgIpc) is 3.29. The maximum atomic E-state index is 5.43. The maximum absolute atomic E-state index is 5.43. The van der Waals surface area contributed by atoms with Crippen LogP contribution < -0.4 is 15.0 Å². The third-order valence-corrected chi connectivity index (χ3v) is 5.14. The van der Waals surface area contributed by atoms with Gasteiger partial charge in [0.05, 0.1) is 26.7 Å². The van der Waals surface area contributed by atoms with Crippen molar-refractivity contribution in [1.82, 2.24) is 19.9 Å². The van der Waals surface area contributed by atoms with Crippen molar-refractivity contribution in [3.63, 3.8) is 0 Å². The molecule has 1 fully saturated rings. The fourth-order valence-corrected chi connectivity index (χ4v) is 3.51. The lowest BCUT2D eigenvalue weighted by atomic mass is 10.2. The van der Waals surface area contributed by atoms with Crippen LogP contribution in [0.5, 0.6) is 5.75 Å². The number of nitrogens with one attached hydrogen (secondary N) is 2. The van der Waals surface area contributed by atoms with Crippen LogP contribution >= 0.6 is 0 Å². The van der Waals surface area contributed by atoms with Gasteiger partial charge in [-0.1, -0.05) is 0 Å². The summed E-state index contributed by atoms with van der Waals surface area (Å²) < 4.78 is 10.7. The molecule has 0 radical (unpaired) electrons. The molecule has 0 saturated carbocycles. The van der Waals surface area contributed by atoms with E-state index in [9.17, 15) is 0 Å². The zero-order valence-electron chi connectivity index (χ0n) is 16.6. The van der Waals surface area contributed by atoms with E-state index in [4.69, 9.17) is 14.5 Å². The van der Waals surface area contributed by atoms with Crippen molar-refractivity contribution in [1.29, 1.82) is 0 Å². The Morgan fingerprint density at radius 1 is 1.00 bits per heavy atom. The van der Waals surface area contributed by atoms with Crippen LogP contribution in [-0.2, 0) is 4.74 Å². The minimum Gasteiger partial charge on any atom is -0.497 e. The number of benzene rings is 2. The third kappa shape index (κ3) is 3.65. The van der Waals surface area contributed by atoms with E-state index in [1.54, 1.807) is 13.4 Å². The molecule has 1 saturated heterocycles. The molecule has 2 aromatic carbocycles. The number of nitrogens with zero attached hydrogens (tertiary/aromatic N) is 4. The molecule has 1 aliphatic rings. The summed E-state index contributed by atoms with van der Waals surface area (Å²) in [7, 11) is 1.65. The van der Waals surface area contributed by atoms with E-state index in [0.717, 1.165) is 48.8 Å². The molecule has 2 aromatic heterocycles. The monoisotopic (exact) mass is 402 g/mol. The zero-order chi connectivity index (χ0) is 20.3. The summed E-state index contributed by atoms with van der Waals surface area (Å²) in [6.45, 7) is 3.37. The summed E-state index contributed by atoms with van der Waals surface area (Å²) in [5.74, 6) is 2.07. The van der Waals surface area contributed by atoms with Gasteiger partial charge in [0.25, 0.3) is 0 Å². The zero-order valence-corrected chi connectivity index (χ0v) is 16.6. The molecule has 4 aromatic rings. The maximum Gasteiger partial charge on any atom is 0.183 e. The first-order valence-electron chi connectivity index (χ1n) is 9.85. The van der Waals surface area contributed by atoms with E-state index in [1.165, 1.54) is 5.69 Å². The quantitative estimate of drug-likeness (QED) is 0.527. The Labute approximate surface area is 173 Å². The van der Waals surface area contributed by atoms with Crippen molar-refractivity contribution in [3.8, 4) is 17.1 Å². The highest BCUT2D eigenvalue weighted by Gasteiger charge is 2.13. The highest BCUT2D eigenvalue weighted by Crippen LogP contribution is 2.27. The van der Waals surface area contributed by atoms with Crippen molar-refractivity contribution >= 4 is 28.4 Å². The Morgan fingerprint density at radius 3 is 2.50 bits per heavy atom. The minimum atomic E-state index is 0.602. The van der Waals surface area contributed by atoms with Gasteiger partial charge in [0.1, 0.15) is 11.3 Å². The Bertz CT molecular complexity index is 1130. The standard InChI is InChI=1S/C22H22N6O2/c1-29-18-8-2-15(3-9-18)20-26-21-19(23-14-24-21)22(27-20)25-16-4-6-17(7-5-16)28-10-12-30-13-11-28/h2-9,14H,10-13H2,1H3,(H2,23,24,25,26,27). The van der Waals surface area contributed by atoms with Crippen LogP contribution in [0.4, 0.5) is 17.2 Å². The summed E-state index contributed by atoms with van der Waals surface area (Å²) in [6.07, 6.45) is 1.63. The van der Waals surface area contributed by atoms with Gasteiger partial charge in [0.15, 0.2) is 17.3 Å². The van der Waals surface area contributed by atoms with Gasteiger partial charge in [0.2, 0.25) is 0 Å². The van der Waals surface area contributed by atoms with Crippen molar-refractivity contribution in [3.05, 3.63) is 54.9 Å². The van der Waals surface area contributed by atoms with E-state index in [-0.39, 0.29) is 0 Å². The molecule has 0 atom stereocenters. The second-order valence-corrected chi connectivity index (χ2v) is 7.00. The first kappa shape index (κ1) is 18.4. The number of aromatic amines is 1. The lowest BCUT2D eigenvalue weighted by molar-refractivity contribution is 0.122. The third-order valence-electron chi connectivity index (χ3n) is 5.14. The number of hydrogen-bond acceptors (Lipinski definition) is 7. The molecular formula is C22H22N6O2. The number of rotatable bonds is 5. The van der Waals surface area contributed by atoms with Gasteiger partial charge in [-0.3, -0.25) is 0 Å². The van der Waals surface area contributed by atoms with Crippen LogP contribution in [0.2, 0.25) is 0 Å². The van der Waals surface area contributed by atoms with E-state index in [0.29, 0.717) is 17.3 Å². The highest BCUT2D eigenvalue weighted by molar-refractivity contribution is 5.86. The van der Waals surface area contributed by atoms with Crippen LogP contribution in [0.3, 0.4) is 0 Å². The topological polar surface area (TPSA) is 88.2 Å². The lowest BCUT2D eigenvalue weighted by Crippen LogP contribution is -2.36. The summed E-state index contributed by atoms with van der Waals surface area (Å²) in [5.41, 5.74) is 4.42. The van der Waals surface area contributed by atoms with Crippen molar-refractivity contribution in [2.45, 2.75) is 0 Å². The molecule has 0 aliphatic carbocycles. The van der Waals surface area contributed by atoms with Crippen LogP contribution in [0.1, 0.15) is 0 Å². The summed E-state index contributed by atoms with van der Waals surface area (Å²) >= 11 is 0. The molecule has 5 rings (SSSR count). The van der Waals surface area contributed by atoms with Crippen LogP contribution in [-0.4, -0.2) is 53.3 Å². The molecule has 0 amide bonds. The molecule has 8 nitrogen and oxygen atoms in total. The molecule has 152 valence electrons. The van der Waals surface area contributed by atoms with Gasteiger partial charge in [-0.05, 0) is 48.5 Å². The van der Waals surface area contributed by atoms with Crippen LogP contribution in [0, 0.1) is 0 Å². The lowest BCUT2D eigenvalue weighted by Gasteiger charge is -2.28. The summed E-state index contributed by atoms with van der Waals surface area (Å²) in [4.78, 5) is 19.1. The average molecular weight is 402 g/mol. The highest BCUT2D eigenvalue weighted by atomic mass is 16.5. The number of aromatic nitrogens is 4. The number of ether oxygens (including phenoxy) is 2. The first-order valence-corrected chi connectivity index (χ1v) is 9.85. The van der Waals surface area contributed by atoms with Gasteiger partial charge < -0.3 is 24.7 Å². The number of imidazole rings is 1. The van der Waals surface area contributed by atoms with Gasteiger partial charge in [-0.25, -0.2) is 15.0 Å². The Morgan fingerprint density at radius 2 is 1.77 bits per heavy atom. The van der Waals surface area contributed by atoms with Crippen molar-refractivity contribution < 1.29 is 9.47 Å². The molecule has 3 heterocycles. The predicted molar refractivity (Wildman–Crippen MR) is 116 cm³/mol. The largest absolute Gasteiger partial charge is 0.497 e. The number of hydrogen-bond donors (Lipinski definition) is 2. The number of fused-ring (bicyclic) bond motifs is 1. The fourth-order valence-electron chi connectivity index (χ4n) is 3.51. The van der Waals surface area contributed by atoms with E-state index in [1.807, 2.05) is 24.3 Å². The van der Waals surface area contributed by atoms with Crippen molar-refractivity contribution in [2.24, 2.45) is 0 Å². The molecule has 0 bridgehead atoms. The SMILES string of the molecule is COc1ccc(-c2nc(Nc3ccc(N4CCOCC4)cc3)c3[nH]cnc3n2)cc1.